The highest BCUT2D eigenvalue weighted by Gasteiger charge is 2.35. The lowest BCUT2D eigenvalue weighted by molar-refractivity contribution is 0.170. The van der Waals surface area contributed by atoms with Crippen molar-refractivity contribution in [3.8, 4) is 17.1 Å². The fourth-order valence-corrected chi connectivity index (χ4v) is 4.07. The topological polar surface area (TPSA) is 107 Å². The number of fused-ring (bicyclic) bond motifs is 1. The van der Waals surface area contributed by atoms with E-state index in [-0.39, 0.29) is 11.5 Å². The Morgan fingerprint density at radius 1 is 1.26 bits per heavy atom. The Balaban J connectivity index is 2.42. The Bertz CT molecular complexity index is 1190. The molecule has 0 aliphatic heterocycles. The number of benzene rings is 1. The summed E-state index contributed by atoms with van der Waals surface area (Å²) in [7, 11) is 0. The maximum atomic E-state index is 13.8. The molecule has 2 heterocycles. The largest absolute Gasteiger partial charge is 0.491 e. The van der Waals surface area contributed by atoms with Crippen LogP contribution in [0.2, 0.25) is 0 Å². The zero-order chi connectivity index (χ0) is 25.0. The minimum atomic E-state index is -1.15. The molecule has 0 fully saturated rings. The van der Waals surface area contributed by atoms with Crippen molar-refractivity contribution in [2.75, 3.05) is 6.61 Å². The molecule has 1 amide bonds. The van der Waals surface area contributed by atoms with Crippen molar-refractivity contribution >= 4 is 16.9 Å². The number of ether oxygens (including phenoxy) is 1. The van der Waals surface area contributed by atoms with Gasteiger partial charge in [-0.25, -0.2) is 9.78 Å². The van der Waals surface area contributed by atoms with E-state index in [1.54, 1.807) is 16.8 Å². The number of pyridine rings is 1. The lowest BCUT2D eigenvalue weighted by atomic mass is 9.83. The molecular weight excluding hydrogens is 434 g/mol. The van der Waals surface area contributed by atoms with Crippen molar-refractivity contribution in [3.63, 3.8) is 0 Å². The Hall–Kier alpha value is -3.29. The van der Waals surface area contributed by atoms with Crippen LogP contribution in [0, 0.1) is 11.3 Å². The van der Waals surface area contributed by atoms with E-state index in [9.17, 15) is 14.7 Å². The maximum Gasteiger partial charge on any atom is 0.405 e. The lowest BCUT2D eigenvalue weighted by Gasteiger charge is -2.34. The highest BCUT2D eigenvalue weighted by molar-refractivity contribution is 5.92. The molecule has 0 saturated carbocycles. The van der Waals surface area contributed by atoms with Gasteiger partial charge in [0.25, 0.3) is 5.56 Å². The quantitative estimate of drug-likeness (QED) is 0.381. The molecule has 3 aromatic rings. The monoisotopic (exact) mass is 469 g/mol. The average Bonchev–Trinajstić information content (AvgIpc) is 3.29. The number of nitrogens with zero attached hydrogens (tertiary/aromatic N) is 2. The van der Waals surface area contributed by atoms with E-state index < -0.39 is 17.6 Å². The number of unbranched alkanes of at least 4 members (excludes halogenated alkanes) is 1. The standard InChI is InChI=1S/C26H35N3O5/c1-7-8-11-33-22-19-12-17(20-13-27-15-34-20)9-10-18(19)24(30)29(14-16(2)3)21(22)23(26(4,5)6)28-25(31)32/h9-10,12-13,15-16,23,28H,7-8,11,14H2,1-6H3,(H,31,32). The van der Waals surface area contributed by atoms with Gasteiger partial charge >= 0.3 is 6.09 Å². The predicted molar refractivity (Wildman–Crippen MR) is 132 cm³/mol. The molecule has 3 rings (SSSR count). The SMILES string of the molecule is CCCCOc1c(C(NC(=O)O)C(C)(C)C)n(CC(C)C)c(=O)c2ccc(-c3cnco3)cc12. The number of nitrogens with one attached hydrogen (secondary N) is 1. The number of hydrogen-bond donors (Lipinski definition) is 2. The molecule has 1 aromatic carbocycles. The van der Waals surface area contributed by atoms with Crippen LogP contribution < -0.4 is 15.6 Å². The molecule has 0 spiro atoms. The summed E-state index contributed by atoms with van der Waals surface area (Å²) >= 11 is 0. The van der Waals surface area contributed by atoms with Gasteiger partial charge < -0.3 is 24.1 Å². The first-order valence-corrected chi connectivity index (χ1v) is 11.8. The van der Waals surface area contributed by atoms with Crippen molar-refractivity contribution in [2.45, 2.75) is 67.0 Å². The molecule has 0 bridgehead atoms. The van der Waals surface area contributed by atoms with E-state index in [0.29, 0.717) is 41.1 Å². The maximum absolute atomic E-state index is 13.8. The molecule has 1 unspecified atom stereocenters. The number of hydrogen-bond acceptors (Lipinski definition) is 5. The number of oxazole rings is 1. The molecule has 8 nitrogen and oxygen atoms in total. The Labute approximate surface area is 200 Å². The van der Waals surface area contributed by atoms with Crippen molar-refractivity contribution in [3.05, 3.63) is 46.8 Å². The first kappa shape index (κ1) is 25.3. The van der Waals surface area contributed by atoms with Crippen molar-refractivity contribution < 1.29 is 19.1 Å². The van der Waals surface area contributed by atoms with Crippen LogP contribution in [0.4, 0.5) is 4.79 Å². The Morgan fingerprint density at radius 2 is 2.00 bits per heavy atom. The Kier molecular flexibility index (Phi) is 7.69. The average molecular weight is 470 g/mol. The molecule has 0 aliphatic rings. The molecule has 2 N–H and O–H groups in total. The zero-order valence-corrected chi connectivity index (χ0v) is 20.8. The molecule has 184 valence electrons. The molecule has 0 saturated heterocycles. The number of aromatic nitrogens is 2. The number of rotatable bonds is 9. The second kappa shape index (κ2) is 10.3. The second-order valence-corrected chi connectivity index (χ2v) is 10.1. The van der Waals surface area contributed by atoms with Gasteiger partial charge in [0, 0.05) is 17.5 Å². The van der Waals surface area contributed by atoms with Gasteiger partial charge in [-0.15, -0.1) is 0 Å². The van der Waals surface area contributed by atoms with Crippen molar-refractivity contribution in [2.24, 2.45) is 11.3 Å². The first-order chi connectivity index (χ1) is 16.0. The van der Waals surface area contributed by atoms with Crippen LogP contribution in [0.25, 0.3) is 22.1 Å². The Morgan fingerprint density at radius 3 is 2.56 bits per heavy atom. The highest BCUT2D eigenvalue weighted by atomic mass is 16.5. The third-order valence-electron chi connectivity index (χ3n) is 5.68. The van der Waals surface area contributed by atoms with E-state index >= 15 is 0 Å². The number of carboxylic acid groups (broad SMARTS) is 1. The summed E-state index contributed by atoms with van der Waals surface area (Å²) in [4.78, 5) is 29.6. The van der Waals surface area contributed by atoms with Gasteiger partial charge in [-0.3, -0.25) is 4.79 Å². The van der Waals surface area contributed by atoms with Crippen molar-refractivity contribution in [1.82, 2.24) is 14.9 Å². The summed E-state index contributed by atoms with van der Waals surface area (Å²) in [5.41, 5.74) is 0.609. The molecule has 0 aliphatic carbocycles. The molecule has 2 aromatic heterocycles. The van der Waals surface area contributed by atoms with Crippen LogP contribution in [0.15, 0.2) is 40.0 Å². The third-order valence-corrected chi connectivity index (χ3v) is 5.68. The predicted octanol–water partition coefficient (Wildman–Crippen LogP) is 5.85. The highest BCUT2D eigenvalue weighted by Crippen LogP contribution is 2.41. The van der Waals surface area contributed by atoms with Gasteiger partial charge in [0.05, 0.1) is 29.9 Å². The fraction of sp³-hybridized carbons (Fsp3) is 0.500. The summed E-state index contributed by atoms with van der Waals surface area (Å²) in [6.45, 7) is 12.9. The summed E-state index contributed by atoms with van der Waals surface area (Å²) < 4.78 is 13.5. The molecule has 1 atom stereocenters. The van der Waals surface area contributed by atoms with Crippen LogP contribution in [0.5, 0.6) is 5.75 Å². The van der Waals surface area contributed by atoms with E-state index in [1.165, 1.54) is 6.39 Å². The number of amides is 1. The first-order valence-electron chi connectivity index (χ1n) is 11.8. The smallest absolute Gasteiger partial charge is 0.405 e. The van der Waals surface area contributed by atoms with Gasteiger partial charge in [0.15, 0.2) is 12.2 Å². The van der Waals surface area contributed by atoms with E-state index in [0.717, 1.165) is 18.4 Å². The lowest BCUT2D eigenvalue weighted by Crippen LogP contribution is -2.40. The van der Waals surface area contributed by atoms with Gasteiger partial charge in [0.2, 0.25) is 0 Å². The van der Waals surface area contributed by atoms with Crippen LogP contribution >= 0.6 is 0 Å². The number of carbonyl (C=O) groups is 1. The summed E-state index contributed by atoms with van der Waals surface area (Å²) in [6.07, 6.45) is 3.59. The van der Waals surface area contributed by atoms with Crippen LogP contribution in [0.1, 0.15) is 66.1 Å². The molecular formula is C26H35N3O5. The van der Waals surface area contributed by atoms with E-state index in [1.807, 2.05) is 46.8 Å². The molecule has 34 heavy (non-hydrogen) atoms. The zero-order valence-electron chi connectivity index (χ0n) is 20.8. The second-order valence-electron chi connectivity index (χ2n) is 10.1. The van der Waals surface area contributed by atoms with Crippen LogP contribution in [-0.2, 0) is 6.54 Å². The molecule has 8 heteroatoms. The minimum Gasteiger partial charge on any atom is -0.491 e. The van der Waals surface area contributed by atoms with Gasteiger partial charge in [-0.1, -0.05) is 54.0 Å². The van der Waals surface area contributed by atoms with Crippen LogP contribution in [-0.4, -0.2) is 27.4 Å². The van der Waals surface area contributed by atoms with Crippen LogP contribution in [0.3, 0.4) is 0 Å². The fourth-order valence-electron chi connectivity index (χ4n) is 4.07. The normalized spacial score (nSPS) is 12.8. The minimum absolute atomic E-state index is 0.163. The molecule has 0 radical (unpaired) electrons. The summed E-state index contributed by atoms with van der Waals surface area (Å²) in [5.74, 6) is 1.26. The summed E-state index contributed by atoms with van der Waals surface area (Å²) in [6, 6.07) is 4.80. The summed E-state index contributed by atoms with van der Waals surface area (Å²) in [5, 5.41) is 13.5. The van der Waals surface area contributed by atoms with Gasteiger partial charge in [-0.2, -0.15) is 0 Å². The van der Waals surface area contributed by atoms with Gasteiger partial charge in [0.1, 0.15) is 5.75 Å². The van der Waals surface area contributed by atoms with E-state index in [2.05, 4.69) is 17.2 Å². The van der Waals surface area contributed by atoms with E-state index in [4.69, 9.17) is 9.15 Å². The van der Waals surface area contributed by atoms with Crippen molar-refractivity contribution in [1.29, 1.82) is 0 Å². The third kappa shape index (κ3) is 5.43. The van der Waals surface area contributed by atoms with Gasteiger partial charge in [-0.05, 0) is 29.9 Å².